The largest absolute Gasteiger partial charge is 0.481 e. The van der Waals surface area contributed by atoms with Crippen LogP contribution in [0.15, 0.2) is 6.33 Å². The van der Waals surface area contributed by atoms with Crippen LogP contribution in [0.1, 0.15) is 57.6 Å². The van der Waals surface area contributed by atoms with Crippen LogP contribution in [0.2, 0.25) is 0 Å². The molecule has 0 radical (unpaired) electrons. The van der Waals surface area contributed by atoms with Crippen LogP contribution in [0.25, 0.3) is 11.2 Å². The number of nitrogens with zero attached hydrogens (tertiary/aromatic N) is 4. The van der Waals surface area contributed by atoms with Crippen molar-refractivity contribution in [2.45, 2.75) is 57.6 Å². The summed E-state index contributed by atoms with van der Waals surface area (Å²) in [7, 11) is 0. The summed E-state index contributed by atoms with van der Waals surface area (Å²) in [5.41, 5.74) is 11.5. The molecule has 4 fully saturated rings. The number of carboxylic acids is 2. The molecule has 174 valence electrons. The van der Waals surface area contributed by atoms with Crippen molar-refractivity contribution in [2.75, 3.05) is 18.1 Å². The normalized spacial score (nSPS) is 26.5. The van der Waals surface area contributed by atoms with Gasteiger partial charge in [0.05, 0.1) is 12.9 Å². The zero-order chi connectivity index (χ0) is 22.8. The molecule has 1 unspecified atom stereocenters. The van der Waals surface area contributed by atoms with Crippen molar-refractivity contribution >= 4 is 34.9 Å². The highest BCUT2D eigenvalue weighted by molar-refractivity contribution is 5.84. The van der Waals surface area contributed by atoms with Crippen molar-refractivity contribution in [1.82, 2.24) is 19.5 Å². The Kier molecular flexibility index (Phi) is 6.45. The fourth-order valence-electron chi connectivity index (χ4n) is 5.80. The number of anilines is 2. The van der Waals surface area contributed by atoms with Crippen molar-refractivity contribution in [3.05, 3.63) is 6.33 Å². The molecule has 6 N–H and O–H groups in total. The smallest absolute Gasteiger partial charge is 0.354 e. The first-order valence-corrected chi connectivity index (χ1v) is 11.1. The lowest BCUT2D eigenvalue weighted by molar-refractivity contribution is -0.157. The maximum atomic E-state index is 11.3. The highest BCUT2D eigenvalue weighted by atomic mass is 16.5. The van der Waals surface area contributed by atoms with Crippen LogP contribution >= 0.6 is 0 Å². The Labute approximate surface area is 185 Å². The highest BCUT2D eigenvalue weighted by Gasteiger charge is 2.41. The van der Waals surface area contributed by atoms with Gasteiger partial charge in [0.15, 0.2) is 11.5 Å². The molecule has 11 heteroatoms. The van der Waals surface area contributed by atoms with Gasteiger partial charge in [-0.1, -0.05) is 0 Å². The van der Waals surface area contributed by atoms with E-state index in [-0.39, 0.29) is 42.4 Å². The Morgan fingerprint density at radius 1 is 1.03 bits per heavy atom. The Balaban J connectivity index is 0.000000199. The van der Waals surface area contributed by atoms with E-state index in [2.05, 4.69) is 15.0 Å². The second-order valence-electron chi connectivity index (χ2n) is 9.23. The van der Waals surface area contributed by atoms with Gasteiger partial charge in [-0.05, 0) is 68.6 Å². The standard InChI is InChI=1S/C11H14N6O5.C10H16/c12-7-6-8(16-11(13)15-7)17(4-14-6)9(10(20)21)22-3-1-2-5(18)19;1-7-2-9-4-8(1)5-10(3-7)6-9/h4,9H,1-3H2,(H,18,19)(H,20,21)(H4,12,13,15,16);7-10H,1-6H2. The van der Waals surface area contributed by atoms with Gasteiger partial charge in [0.1, 0.15) is 5.52 Å². The fraction of sp³-hybridized carbons (Fsp3) is 0.667. The zero-order valence-corrected chi connectivity index (χ0v) is 17.9. The van der Waals surface area contributed by atoms with Gasteiger partial charge in [0.25, 0.3) is 0 Å². The molecular formula is C21H30N6O5. The predicted molar refractivity (Wildman–Crippen MR) is 115 cm³/mol. The van der Waals surface area contributed by atoms with E-state index in [0.29, 0.717) is 0 Å². The van der Waals surface area contributed by atoms with E-state index in [4.69, 9.17) is 21.3 Å². The molecule has 4 aliphatic carbocycles. The molecule has 0 amide bonds. The monoisotopic (exact) mass is 446 g/mol. The summed E-state index contributed by atoms with van der Waals surface area (Å²) in [6.07, 6.45) is 9.45. The molecular weight excluding hydrogens is 416 g/mol. The zero-order valence-electron chi connectivity index (χ0n) is 17.9. The van der Waals surface area contributed by atoms with E-state index in [1.165, 1.54) is 30.0 Å². The number of carboxylic acid groups (broad SMARTS) is 2. The van der Waals surface area contributed by atoms with Crippen LogP contribution in [-0.4, -0.2) is 48.3 Å². The quantitative estimate of drug-likeness (QED) is 0.461. The molecule has 6 rings (SSSR count). The summed E-state index contributed by atoms with van der Waals surface area (Å²) in [6.45, 7) is -0.0566. The van der Waals surface area contributed by atoms with Gasteiger partial charge >= 0.3 is 11.9 Å². The fourth-order valence-corrected chi connectivity index (χ4v) is 5.80. The number of hydrogen-bond acceptors (Lipinski definition) is 8. The van der Waals surface area contributed by atoms with Gasteiger partial charge in [-0.25, -0.2) is 9.78 Å². The number of fused-ring (bicyclic) bond motifs is 1. The van der Waals surface area contributed by atoms with Gasteiger partial charge in [0.2, 0.25) is 12.2 Å². The van der Waals surface area contributed by atoms with Gasteiger partial charge in [0, 0.05) is 6.42 Å². The maximum Gasteiger partial charge on any atom is 0.354 e. The van der Waals surface area contributed by atoms with Gasteiger partial charge in [-0.3, -0.25) is 9.36 Å². The van der Waals surface area contributed by atoms with Crippen molar-refractivity contribution in [2.24, 2.45) is 23.7 Å². The number of nitrogen functional groups attached to an aromatic ring is 2. The number of rotatable bonds is 7. The summed E-state index contributed by atoms with van der Waals surface area (Å²) in [4.78, 5) is 33.3. The SMILES string of the molecule is C1C2CC3CC1CC(C2)C3.Nc1nc(N)c2ncn(C(OCCCC(=O)O)C(=O)O)c2n1. The third kappa shape index (κ3) is 4.93. The van der Waals surface area contributed by atoms with Crippen LogP contribution in [-0.2, 0) is 14.3 Å². The molecule has 0 aromatic carbocycles. The van der Waals surface area contributed by atoms with E-state index in [1.54, 1.807) is 38.5 Å². The predicted octanol–water partition coefficient (Wildman–Crippen LogP) is 2.29. The van der Waals surface area contributed by atoms with E-state index in [0.717, 1.165) is 4.57 Å². The van der Waals surface area contributed by atoms with E-state index < -0.39 is 18.2 Å². The average molecular weight is 447 g/mol. The number of imidazole rings is 1. The van der Waals surface area contributed by atoms with E-state index in [9.17, 15) is 14.7 Å². The number of ether oxygens (including phenoxy) is 1. The molecule has 4 aliphatic rings. The Bertz CT molecular complexity index is 936. The lowest BCUT2D eigenvalue weighted by Crippen LogP contribution is -2.38. The third-order valence-corrected chi connectivity index (χ3v) is 6.74. The molecule has 11 nitrogen and oxygen atoms in total. The number of hydrogen-bond donors (Lipinski definition) is 4. The van der Waals surface area contributed by atoms with Gasteiger partial charge in [-0.15, -0.1) is 0 Å². The first-order valence-electron chi connectivity index (χ1n) is 11.1. The summed E-state index contributed by atoms with van der Waals surface area (Å²) in [6, 6.07) is 0. The number of aromatic nitrogens is 4. The first kappa shape index (κ1) is 22.3. The lowest BCUT2D eigenvalue weighted by atomic mass is 9.56. The van der Waals surface area contributed by atoms with Crippen molar-refractivity contribution in [3.8, 4) is 0 Å². The molecule has 4 saturated carbocycles. The summed E-state index contributed by atoms with van der Waals surface area (Å²) in [5, 5.41) is 17.8. The summed E-state index contributed by atoms with van der Waals surface area (Å²) >= 11 is 0. The highest BCUT2D eigenvalue weighted by Crippen LogP contribution is 2.53. The minimum absolute atomic E-state index is 0.0243. The van der Waals surface area contributed by atoms with Crippen LogP contribution in [0, 0.1) is 23.7 Å². The Hall–Kier alpha value is -2.95. The minimum Gasteiger partial charge on any atom is -0.481 e. The molecule has 2 aromatic rings. The van der Waals surface area contributed by atoms with Crippen LogP contribution in [0.3, 0.4) is 0 Å². The molecule has 0 saturated heterocycles. The van der Waals surface area contributed by atoms with Crippen LogP contribution in [0.5, 0.6) is 0 Å². The third-order valence-electron chi connectivity index (χ3n) is 6.74. The second kappa shape index (κ2) is 9.27. The van der Waals surface area contributed by atoms with Crippen molar-refractivity contribution < 1.29 is 24.5 Å². The number of carbonyl (C=O) groups is 2. The molecule has 2 aromatic heterocycles. The van der Waals surface area contributed by atoms with Crippen molar-refractivity contribution in [3.63, 3.8) is 0 Å². The molecule has 2 heterocycles. The summed E-state index contributed by atoms with van der Waals surface area (Å²) < 4.78 is 6.35. The van der Waals surface area contributed by atoms with E-state index in [1.807, 2.05) is 0 Å². The Morgan fingerprint density at radius 2 is 1.59 bits per heavy atom. The van der Waals surface area contributed by atoms with Crippen LogP contribution in [0.4, 0.5) is 11.8 Å². The molecule has 0 aliphatic heterocycles. The molecule has 32 heavy (non-hydrogen) atoms. The first-order chi connectivity index (χ1) is 15.3. The average Bonchev–Trinajstić information content (AvgIpc) is 3.10. The lowest BCUT2D eigenvalue weighted by Gasteiger charge is -2.49. The molecule has 4 bridgehead atoms. The Morgan fingerprint density at radius 3 is 2.09 bits per heavy atom. The topological polar surface area (TPSA) is 179 Å². The summed E-state index contributed by atoms with van der Waals surface area (Å²) in [5.74, 6) is 2.33. The number of nitrogens with two attached hydrogens (primary N) is 2. The van der Waals surface area contributed by atoms with Gasteiger partial charge < -0.3 is 26.4 Å². The van der Waals surface area contributed by atoms with Crippen molar-refractivity contribution in [1.29, 1.82) is 0 Å². The number of aliphatic carboxylic acids is 2. The minimum atomic E-state index is -1.42. The maximum absolute atomic E-state index is 11.3. The van der Waals surface area contributed by atoms with Crippen LogP contribution < -0.4 is 11.5 Å². The van der Waals surface area contributed by atoms with E-state index >= 15 is 0 Å². The molecule has 0 spiro atoms. The molecule has 1 atom stereocenters. The van der Waals surface area contributed by atoms with Gasteiger partial charge in [-0.2, -0.15) is 9.97 Å². The second-order valence-corrected chi connectivity index (χ2v) is 9.23.